The Balaban J connectivity index is 2.86. The molecule has 82 valence electrons. The van der Waals surface area contributed by atoms with Gasteiger partial charge in [-0.15, -0.1) is 0 Å². The molecule has 0 atom stereocenters. The fraction of sp³-hybridized carbons (Fsp3) is 0.143. The van der Waals surface area contributed by atoms with E-state index in [2.05, 4.69) is 25.6 Å². The zero-order chi connectivity index (χ0) is 11.7. The van der Waals surface area contributed by atoms with Crippen molar-refractivity contribution in [3.63, 3.8) is 0 Å². The van der Waals surface area contributed by atoms with Crippen molar-refractivity contribution in [1.29, 1.82) is 0 Å². The maximum absolute atomic E-state index is 5.84. The third kappa shape index (κ3) is 1.52. The van der Waals surface area contributed by atoms with Gasteiger partial charge in [-0.2, -0.15) is 0 Å². The van der Waals surface area contributed by atoms with E-state index in [4.69, 9.17) is 11.5 Å². The second-order valence-corrected chi connectivity index (χ2v) is 3.90. The van der Waals surface area contributed by atoms with E-state index >= 15 is 0 Å². The molecule has 0 aliphatic heterocycles. The molecule has 2 aromatic carbocycles. The topological polar surface area (TPSA) is 52.0 Å². The molecule has 0 fully saturated rings. The Bertz CT molecular complexity index is 556. The third-order valence-electron chi connectivity index (χ3n) is 2.94. The van der Waals surface area contributed by atoms with Gasteiger partial charge >= 0.3 is 0 Å². The second kappa shape index (κ2) is 3.89. The fourth-order valence-electron chi connectivity index (χ4n) is 2.02. The van der Waals surface area contributed by atoms with Crippen molar-refractivity contribution in [2.75, 3.05) is 11.5 Å². The summed E-state index contributed by atoms with van der Waals surface area (Å²) in [4.78, 5) is 0. The van der Waals surface area contributed by atoms with Gasteiger partial charge in [0, 0.05) is 0 Å². The Morgan fingerprint density at radius 2 is 1.88 bits per heavy atom. The van der Waals surface area contributed by atoms with Crippen LogP contribution in [0, 0.1) is 0 Å². The molecule has 4 N–H and O–H groups in total. The van der Waals surface area contributed by atoms with Crippen molar-refractivity contribution >= 4 is 28.2 Å². The van der Waals surface area contributed by atoms with Gasteiger partial charge < -0.3 is 11.5 Å². The molecule has 0 spiro atoms. The van der Waals surface area contributed by atoms with Gasteiger partial charge in [0.15, 0.2) is 0 Å². The first-order valence-electron chi connectivity index (χ1n) is 5.40. The highest BCUT2D eigenvalue weighted by Crippen LogP contribution is 2.29. The van der Waals surface area contributed by atoms with E-state index in [1.54, 1.807) is 0 Å². The molecule has 2 rings (SSSR count). The lowest BCUT2D eigenvalue weighted by Crippen LogP contribution is -1.96. The lowest BCUT2D eigenvalue weighted by Gasteiger charge is -2.10. The number of rotatable bonds is 2. The highest BCUT2D eigenvalue weighted by Gasteiger charge is 2.05. The van der Waals surface area contributed by atoms with Gasteiger partial charge in [0.05, 0.1) is 11.4 Å². The maximum atomic E-state index is 5.84. The second-order valence-electron chi connectivity index (χ2n) is 3.90. The van der Waals surface area contributed by atoms with Crippen LogP contribution in [0.2, 0.25) is 0 Å². The molecule has 0 saturated heterocycles. The summed E-state index contributed by atoms with van der Waals surface area (Å²) in [6.07, 6.45) is 2.87. The summed E-state index contributed by atoms with van der Waals surface area (Å²) < 4.78 is 0. The molecule has 0 radical (unpaired) electrons. The van der Waals surface area contributed by atoms with Crippen LogP contribution in [0.5, 0.6) is 0 Å². The van der Waals surface area contributed by atoms with Gasteiger partial charge in [-0.05, 0) is 40.5 Å². The number of hydrogen-bond donors (Lipinski definition) is 2. The van der Waals surface area contributed by atoms with E-state index in [0.29, 0.717) is 11.4 Å². The molecule has 16 heavy (non-hydrogen) atoms. The van der Waals surface area contributed by atoms with Crippen LogP contribution in [0.1, 0.15) is 18.1 Å². The number of benzene rings is 2. The van der Waals surface area contributed by atoms with E-state index in [-0.39, 0.29) is 0 Å². The van der Waals surface area contributed by atoms with Crippen LogP contribution in [0.3, 0.4) is 0 Å². The standard InChI is InChI=1S/C14H16N2/c1-3-9-5-6-10-7-13(15)14(16)8-12(10)11(9)4-2/h4-8H,2-3,15-16H2,1H3. The predicted octanol–water partition coefficient (Wildman–Crippen LogP) is 3.21. The molecule has 0 aliphatic carbocycles. The molecule has 0 aromatic heterocycles. The number of nitrogens with two attached hydrogens (primary N) is 2. The van der Waals surface area contributed by atoms with Crippen LogP contribution >= 0.6 is 0 Å². The Labute approximate surface area is 95.6 Å². The van der Waals surface area contributed by atoms with Crippen LogP contribution in [-0.2, 0) is 6.42 Å². The molecule has 0 amide bonds. The van der Waals surface area contributed by atoms with Crippen molar-refractivity contribution in [3.8, 4) is 0 Å². The minimum absolute atomic E-state index is 0.629. The molecule has 0 aliphatic rings. The summed E-state index contributed by atoms with van der Waals surface area (Å²) in [5.74, 6) is 0. The average molecular weight is 212 g/mol. The summed E-state index contributed by atoms with van der Waals surface area (Å²) in [5, 5.41) is 2.24. The fourth-order valence-corrected chi connectivity index (χ4v) is 2.02. The van der Waals surface area contributed by atoms with E-state index in [0.717, 1.165) is 22.8 Å². The first-order valence-corrected chi connectivity index (χ1v) is 5.40. The Kier molecular flexibility index (Phi) is 2.57. The largest absolute Gasteiger partial charge is 0.397 e. The number of nitrogen functional groups attached to an aromatic ring is 2. The molecule has 0 bridgehead atoms. The lowest BCUT2D eigenvalue weighted by molar-refractivity contribution is 1.14. The number of hydrogen-bond acceptors (Lipinski definition) is 2. The smallest absolute Gasteiger partial charge is 0.0554 e. The summed E-state index contributed by atoms with van der Waals surface area (Å²) in [5.41, 5.74) is 15.3. The minimum Gasteiger partial charge on any atom is -0.397 e. The Hall–Kier alpha value is -1.96. The van der Waals surface area contributed by atoms with Crippen LogP contribution < -0.4 is 11.5 Å². The molecular weight excluding hydrogens is 196 g/mol. The Morgan fingerprint density at radius 3 is 2.50 bits per heavy atom. The van der Waals surface area contributed by atoms with E-state index in [9.17, 15) is 0 Å². The Morgan fingerprint density at radius 1 is 1.19 bits per heavy atom. The van der Waals surface area contributed by atoms with Crippen LogP contribution in [0.4, 0.5) is 11.4 Å². The van der Waals surface area contributed by atoms with E-state index in [1.165, 1.54) is 5.56 Å². The van der Waals surface area contributed by atoms with Crippen LogP contribution in [0.25, 0.3) is 16.8 Å². The first kappa shape index (κ1) is 10.6. The lowest BCUT2D eigenvalue weighted by atomic mass is 9.96. The van der Waals surface area contributed by atoms with Gasteiger partial charge in [-0.3, -0.25) is 0 Å². The minimum atomic E-state index is 0.629. The van der Waals surface area contributed by atoms with Gasteiger partial charge in [0.1, 0.15) is 0 Å². The summed E-state index contributed by atoms with van der Waals surface area (Å²) >= 11 is 0. The average Bonchev–Trinajstić information content (AvgIpc) is 2.29. The maximum Gasteiger partial charge on any atom is 0.0554 e. The van der Waals surface area contributed by atoms with Crippen molar-refractivity contribution < 1.29 is 0 Å². The van der Waals surface area contributed by atoms with Gasteiger partial charge in [-0.25, -0.2) is 0 Å². The quantitative estimate of drug-likeness (QED) is 0.751. The highest BCUT2D eigenvalue weighted by atomic mass is 14.7. The zero-order valence-corrected chi connectivity index (χ0v) is 9.46. The molecular formula is C14H16N2. The highest BCUT2D eigenvalue weighted by molar-refractivity contribution is 5.97. The predicted molar refractivity (Wildman–Crippen MR) is 72.2 cm³/mol. The molecule has 0 heterocycles. The molecule has 0 saturated carbocycles. The number of anilines is 2. The first-order chi connectivity index (χ1) is 7.67. The normalized spacial score (nSPS) is 10.6. The monoisotopic (exact) mass is 212 g/mol. The number of aryl methyl sites for hydroxylation is 1. The zero-order valence-electron chi connectivity index (χ0n) is 9.46. The van der Waals surface area contributed by atoms with Gasteiger partial charge in [0.25, 0.3) is 0 Å². The summed E-state index contributed by atoms with van der Waals surface area (Å²) in [6.45, 7) is 6.00. The SMILES string of the molecule is C=Cc1c(CC)ccc2cc(N)c(N)cc12. The molecule has 0 unspecified atom stereocenters. The van der Waals surface area contributed by atoms with Crippen LogP contribution in [0.15, 0.2) is 30.8 Å². The van der Waals surface area contributed by atoms with E-state index < -0.39 is 0 Å². The van der Waals surface area contributed by atoms with Crippen molar-refractivity contribution in [2.24, 2.45) is 0 Å². The van der Waals surface area contributed by atoms with Crippen molar-refractivity contribution in [1.82, 2.24) is 0 Å². The molecule has 2 heteroatoms. The summed E-state index contributed by atoms with van der Waals surface area (Å²) in [6, 6.07) is 8.05. The van der Waals surface area contributed by atoms with Crippen molar-refractivity contribution in [3.05, 3.63) is 42.0 Å². The molecule has 2 aromatic rings. The van der Waals surface area contributed by atoms with Crippen molar-refractivity contribution in [2.45, 2.75) is 13.3 Å². The van der Waals surface area contributed by atoms with Gasteiger partial charge in [-0.1, -0.05) is 31.7 Å². The molecule has 2 nitrogen and oxygen atoms in total. The summed E-state index contributed by atoms with van der Waals surface area (Å²) in [7, 11) is 0. The number of fused-ring (bicyclic) bond motifs is 1. The van der Waals surface area contributed by atoms with Crippen LogP contribution in [-0.4, -0.2) is 0 Å². The van der Waals surface area contributed by atoms with E-state index in [1.807, 2.05) is 18.2 Å². The van der Waals surface area contributed by atoms with Gasteiger partial charge in [0.2, 0.25) is 0 Å². The third-order valence-corrected chi connectivity index (χ3v) is 2.94.